The van der Waals surface area contributed by atoms with Crippen LogP contribution < -0.4 is 0 Å². The molecule has 0 radical (unpaired) electrons. The standard InChI is InChI=1S/C10H19N/c1-9-4-3-5-10(9)6-7-11(2)8-10/h9H,3-8H2,1-2H3/t9-,10?/m0/s1. The van der Waals surface area contributed by atoms with Gasteiger partial charge in [0.1, 0.15) is 0 Å². The van der Waals surface area contributed by atoms with Gasteiger partial charge >= 0.3 is 0 Å². The van der Waals surface area contributed by atoms with Gasteiger partial charge in [-0.1, -0.05) is 19.8 Å². The highest BCUT2D eigenvalue weighted by Crippen LogP contribution is 2.48. The number of hydrogen-bond donors (Lipinski definition) is 0. The Hall–Kier alpha value is -0.0400. The maximum Gasteiger partial charge on any atom is 0.00380 e. The zero-order chi connectivity index (χ0) is 7.90. The number of hydrogen-bond acceptors (Lipinski definition) is 1. The second-order valence-electron chi connectivity index (χ2n) is 4.64. The molecule has 0 aromatic carbocycles. The minimum atomic E-state index is 0.745. The van der Waals surface area contributed by atoms with E-state index >= 15 is 0 Å². The first kappa shape index (κ1) is 7.60. The van der Waals surface area contributed by atoms with Crippen LogP contribution in [0, 0.1) is 11.3 Å². The average Bonchev–Trinajstić information content (AvgIpc) is 2.46. The van der Waals surface area contributed by atoms with Crippen molar-refractivity contribution in [3.05, 3.63) is 0 Å². The smallest absolute Gasteiger partial charge is 0.00380 e. The first-order chi connectivity index (χ1) is 5.23. The molecule has 0 amide bonds. The Morgan fingerprint density at radius 1 is 1.36 bits per heavy atom. The van der Waals surface area contributed by atoms with Gasteiger partial charge in [0, 0.05) is 6.54 Å². The van der Waals surface area contributed by atoms with Crippen LogP contribution in [0.1, 0.15) is 32.6 Å². The van der Waals surface area contributed by atoms with E-state index in [0.29, 0.717) is 0 Å². The van der Waals surface area contributed by atoms with Crippen molar-refractivity contribution < 1.29 is 0 Å². The molecule has 1 nitrogen and oxygen atoms in total. The third kappa shape index (κ3) is 1.10. The summed E-state index contributed by atoms with van der Waals surface area (Å²) >= 11 is 0. The van der Waals surface area contributed by atoms with E-state index in [1.807, 2.05) is 0 Å². The van der Waals surface area contributed by atoms with E-state index in [4.69, 9.17) is 0 Å². The maximum absolute atomic E-state index is 2.50. The van der Waals surface area contributed by atoms with Gasteiger partial charge in [-0.05, 0) is 37.8 Å². The molecule has 2 fully saturated rings. The molecular formula is C10H19N. The molecule has 0 bridgehead atoms. The Balaban J connectivity index is 2.10. The monoisotopic (exact) mass is 153 g/mol. The summed E-state index contributed by atoms with van der Waals surface area (Å²) in [5, 5.41) is 0. The molecule has 1 heteroatoms. The van der Waals surface area contributed by atoms with Gasteiger partial charge in [0.25, 0.3) is 0 Å². The molecule has 0 aromatic rings. The zero-order valence-electron chi connectivity index (χ0n) is 7.77. The molecule has 0 aromatic heterocycles. The summed E-state index contributed by atoms with van der Waals surface area (Å²) in [5.74, 6) is 0.993. The van der Waals surface area contributed by atoms with Crippen molar-refractivity contribution in [2.45, 2.75) is 32.6 Å². The third-order valence-corrected chi connectivity index (χ3v) is 3.93. The van der Waals surface area contributed by atoms with Crippen LogP contribution >= 0.6 is 0 Å². The van der Waals surface area contributed by atoms with Gasteiger partial charge in [-0.25, -0.2) is 0 Å². The first-order valence-electron chi connectivity index (χ1n) is 4.91. The highest BCUT2D eigenvalue weighted by molar-refractivity contribution is 4.96. The van der Waals surface area contributed by atoms with Crippen molar-refractivity contribution in [2.75, 3.05) is 20.1 Å². The second-order valence-corrected chi connectivity index (χ2v) is 4.64. The Bertz CT molecular complexity index is 155. The molecule has 1 saturated carbocycles. The topological polar surface area (TPSA) is 3.24 Å². The summed E-state index contributed by atoms with van der Waals surface area (Å²) < 4.78 is 0. The second kappa shape index (κ2) is 2.48. The van der Waals surface area contributed by atoms with Crippen LogP contribution in [0.15, 0.2) is 0 Å². The van der Waals surface area contributed by atoms with Crippen molar-refractivity contribution in [2.24, 2.45) is 11.3 Å². The molecule has 64 valence electrons. The summed E-state index contributed by atoms with van der Waals surface area (Å²) in [5.41, 5.74) is 0.745. The Morgan fingerprint density at radius 2 is 2.18 bits per heavy atom. The number of nitrogens with zero attached hydrogens (tertiary/aromatic N) is 1. The maximum atomic E-state index is 2.50. The lowest BCUT2D eigenvalue weighted by molar-refractivity contribution is 0.219. The highest BCUT2D eigenvalue weighted by Gasteiger charge is 2.43. The highest BCUT2D eigenvalue weighted by atomic mass is 15.1. The fourth-order valence-electron chi connectivity index (χ4n) is 3.03. The quantitative estimate of drug-likeness (QED) is 0.515. The molecule has 2 atom stereocenters. The fraction of sp³-hybridized carbons (Fsp3) is 1.00. The van der Waals surface area contributed by atoms with E-state index in [1.165, 1.54) is 38.8 Å². The van der Waals surface area contributed by atoms with Crippen LogP contribution in [0.5, 0.6) is 0 Å². The fourth-order valence-corrected chi connectivity index (χ4v) is 3.03. The Morgan fingerprint density at radius 3 is 2.64 bits per heavy atom. The summed E-state index contributed by atoms with van der Waals surface area (Å²) in [6, 6.07) is 0. The van der Waals surface area contributed by atoms with Crippen LogP contribution in [0.25, 0.3) is 0 Å². The predicted molar refractivity (Wildman–Crippen MR) is 47.6 cm³/mol. The van der Waals surface area contributed by atoms with Crippen molar-refractivity contribution in [3.8, 4) is 0 Å². The van der Waals surface area contributed by atoms with Gasteiger partial charge in [0.2, 0.25) is 0 Å². The first-order valence-corrected chi connectivity index (χ1v) is 4.91. The molecule has 1 heterocycles. The van der Waals surface area contributed by atoms with E-state index in [1.54, 1.807) is 0 Å². The average molecular weight is 153 g/mol. The lowest BCUT2D eigenvalue weighted by Crippen LogP contribution is -2.27. The van der Waals surface area contributed by atoms with Crippen molar-refractivity contribution in [1.29, 1.82) is 0 Å². The molecule has 2 aliphatic rings. The van der Waals surface area contributed by atoms with Gasteiger partial charge < -0.3 is 4.90 Å². The summed E-state index contributed by atoms with van der Waals surface area (Å²) in [4.78, 5) is 2.50. The van der Waals surface area contributed by atoms with E-state index in [-0.39, 0.29) is 0 Å². The largest absolute Gasteiger partial charge is 0.306 e. The van der Waals surface area contributed by atoms with Gasteiger partial charge in [0.15, 0.2) is 0 Å². The molecule has 1 aliphatic heterocycles. The summed E-state index contributed by atoms with van der Waals surface area (Å²) in [6.07, 6.45) is 5.92. The molecule has 1 spiro atoms. The van der Waals surface area contributed by atoms with Gasteiger partial charge in [0.05, 0.1) is 0 Å². The number of likely N-dealkylation sites (tertiary alicyclic amines) is 1. The van der Waals surface area contributed by atoms with Gasteiger partial charge in [-0.15, -0.1) is 0 Å². The van der Waals surface area contributed by atoms with Gasteiger partial charge in [-0.3, -0.25) is 0 Å². The lowest BCUT2D eigenvalue weighted by Gasteiger charge is -2.28. The molecule has 11 heavy (non-hydrogen) atoms. The molecule has 2 rings (SSSR count). The van der Waals surface area contributed by atoms with Crippen LogP contribution in [-0.2, 0) is 0 Å². The lowest BCUT2D eigenvalue weighted by atomic mass is 9.78. The Labute approximate surface area is 69.8 Å². The summed E-state index contributed by atoms with van der Waals surface area (Å²) in [7, 11) is 2.26. The Kier molecular flexibility index (Phi) is 1.71. The van der Waals surface area contributed by atoms with Crippen LogP contribution in [0.3, 0.4) is 0 Å². The SMILES string of the molecule is C[C@H]1CCCC12CCN(C)C2. The zero-order valence-corrected chi connectivity index (χ0v) is 7.77. The molecular weight excluding hydrogens is 134 g/mol. The third-order valence-electron chi connectivity index (χ3n) is 3.93. The van der Waals surface area contributed by atoms with Crippen LogP contribution in [0.4, 0.5) is 0 Å². The van der Waals surface area contributed by atoms with E-state index in [2.05, 4.69) is 18.9 Å². The van der Waals surface area contributed by atoms with E-state index < -0.39 is 0 Å². The molecule has 1 unspecified atom stereocenters. The van der Waals surface area contributed by atoms with E-state index in [0.717, 1.165) is 11.3 Å². The van der Waals surface area contributed by atoms with Crippen LogP contribution in [0.2, 0.25) is 0 Å². The minimum absolute atomic E-state index is 0.745. The van der Waals surface area contributed by atoms with E-state index in [9.17, 15) is 0 Å². The summed E-state index contributed by atoms with van der Waals surface area (Å²) in [6.45, 7) is 5.16. The molecule has 1 aliphatic carbocycles. The van der Waals surface area contributed by atoms with Crippen LogP contribution in [-0.4, -0.2) is 25.0 Å². The normalized spacial score (nSPS) is 45.8. The minimum Gasteiger partial charge on any atom is -0.306 e. The van der Waals surface area contributed by atoms with Gasteiger partial charge in [-0.2, -0.15) is 0 Å². The van der Waals surface area contributed by atoms with Crippen molar-refractivity contribution in [1.82, 2.24) is 4.90 Å². The van der Waals surface area contributed by atoms with Crippen molar-refractivity contribution >= 4 is 0 Å². The number of rotatable bonds is 0. The van der Waals surface area contributed by atoms with Crippen molar-refractivity contribution in [3.63, 3.8) is 0 Å². The molecule has 1 saturated heterocycles. The molecule has 0 N–H and O–H groups in total. The predicted octanol–water partition coefficient (Wildman–Crippen LogP) is 2.13.